The van der Waals surface area contributed by atoms with Crippen LogP contribution in [-0.2, 0) is 19.2 Å². The molecule has 8 heteroatoms. The first kappa shape index (κ1) is 25.1. The molecule has 0 aromatic heterocycles. The van der Waals surface area contributed by atoms with E-state index in [0.717, 1.165) is 48.2 Å². The van der Waals surface area contributed by atoms with E-state index in [1.54, 1.807) is 11.8 Å². The molecule has 170 valence electrons. The topological polar surface area (TPSA) is 88.4 Å². The third-order valence-corrected chi connectivity index (χ3v) is 6.13. The van der Waals surface area contributed by atoms with Crippen molar-refractivity contribution in [2.24, 2.45) is 5.16 Å². The first-order chi connectivity index (χ1) is 14.8. The number of carbonyl (C=O) groups is 2. The Bertz CT molecular complexity index is 786. The van der Waals surface area contributed by atoms with E-state index in [0.29, 0.717) is 0 Å². The van der Waals surface area contributed by atoms with Crippen LogP contribution < -0.4 is 0 Å². The molecule has 1 unspecified atom stereocenters. The lowest BCUT2D eigenvalue weighted by Gasteiger charge is -2.41. The predicted molar refractivity (Wildman–Crippen MR) is 122 cm³/mol. The van der Waals surface area contributed by atoms with Gasteiger partial charge in [0.2, 0.25) is 6.61 Å². The second-order valence-corrected chi connectivity index (χ2v) is 8.70. The number of hydrogen-bond acceptors (Lipinski definition) is 8. The van der Waals surface area contributed by atoms with Crippen LogP contribution in [0.25, 0.3) is 0 Å². The zero-order valence-electron chi connectivity index (χ0n) is 18.5. The Kier molecular flexibility index (Phi) is 9.74. The van der Waals surface area contributed by atoms with Crippen LogP contribution in [0.5, 0.6) is 0 Å². The van der Waals surface area contributed by atoms with Crippen molar-refractivity contribution >= 4 is 29.2 Å². The summed E-state index contributed by atoms with van der Waals surface area (Å²) in [6.45, 7) is 8.39. The van der Waals surface area contributed by atoms with Gasteiger partial charge in [-0.25, -0.2) is 4.79 Å². The van der Waals surface area contributed by atoms with Crippen LogP contribution in [0, 0.1) is 0 Å². The molecular weight excluding hydrogens is 416 g/mol. The molecule has 1 aliphatic heterocycles. The number of carbonyl (C=O) groups excluding carboxylic acids is 2. The van der Waals surface area contributed by atoms with E-state index in [1.807, 2.05) is 30.5 Å². The Morgan fingerprint density at radius 3 is 2.45 bits per heavy atom. The molecule has 1 aromatic rings. The second kappa shape index (κ2) is 12.0. The highest BCUT2D eigenvalue weighted by Crippen LogP contribution is 2.26. The van der Waals surface area contributed by atoms with Crippen molar-refractivity contribution in [1.29, 1.82) is 0 Å². The number of aliphatic hydroxyl groups excluding tert-OH is 1. The van der Waals surface area contributed by atoms with Crippen molar-refractivity contribution in [3.05, 3.63) is 42.5 Å². The van der Waals surface area contributed by atoms with Crippen molar-refractivity contribution in [1.82, 2.24) is 4.90 Å². The maximum Gasteiger partial charge on any atom is 0.347 e. The van der Waals surface area contributed by atoms with Crippen LogP contribution in [0.4, 0.5) is 0 Å². The summed E-state index contributed by atoms with van der Waals surface area (Å²) in [7, 11) is 0. The lowest BCUT2D eigenvalue weighted by Crippen LogP contribution is -2.52. The highest BCUT2D eigenvalue weighted by Gasteiger charge is 2.34. The maximum absolute atomic E-state index is 12.1. The summed E-state index contributed by atoms with van der Waals surface area (Å²) in [5.41, 5.74) is 1.23. The Morgan fingerprint density at radius 1 is 1.26 bits per heavy atom. The minimum Gasteiger partial charge on any atom is -0.449 e. The summed E-state index contributed by atoms with van der Waals surface area (Å²) in [4.78, 5) is 32.5. The summed E-state index contributed by atoms with van der Waals surface area (Å²) < 4.78 is 4.95. The van der Waals surface area contributed by atoms with Gasteiger partial charge in [0.1, 0.15) is 5.71 Å². The molecule has 1 aliphatic rings. The molecule has 2 rings (SSSR count). The molecule has 0 aliphatic carbocycles. The van der Waals surface area contributed by atoms with Gasteiger partial charge >= 0.3 is 5.97 Å². The number of aliphatic hydroxyl groups is 1. The number of nitrogens with zero attached hydrogens (tertiary/aromatic N) is 2. The third-order valence-electron chi connectivity index (χ3n) is 5.39. The van der Waals surface area contributed by atoms with Gasteiger partial charge in [-0.1, -0.05) is 30.3 Å². The smallest absolute Gasteiger partial charge is 0.347 e. The molecule has 0 amide bonds. The molecule has 0 radical (unpaired) electrons. The van der Waals surface area contributed by atoms with Crippen LogP contribution in [0.2, 0.25) is 0 Å². The van der Waals surface area contributed by atoms with Gasteiger partial charge in [0.15, 0.2) is 11.9 Å². The summed E-state index contributed by atoms with van der Waals surface area (Å²) in [5.74, 6) is -1.36. The van der Waals surface area contributed by atoms with E-state index in [-0.39, 0.29) is 0 Å². The molecule has 1 saturated heterocycles. The Balaban J connectivity index is 2.19. The van der Waals surface area contributed by atoms with E-state index in [1.165, 1.54) is 6.42 Å². The molecule has 1 fully saturated rings. The summed E-state index contributed by atoms with van der Waals surface area (Å²) in [6, 6.07) is 8.07. The molecule has 0 spiro atoms. The molecule has 1 atom stereocenters. The second-order valence-electron chi connectivity index (χ2n) is 7.82. The van der Waals surface area contributed by atoms with E-state index < -0.39 is 36.6 Å². The standard InChI is InChI=1S/C23H32N2O5S/c1-5-19(27)20(15-26)30-21(28)16-29-24-22(17-9-11-18(31-4)12-10-17)23(2,3)25-13-7-6-8-14-25/h5,9-12,20,26H,1,6-8,13-16H2,2-4H3. The van der Waals surface area contributed by atoms with E-state index >= 15 is 0 Å². The number of ketones is 1. The van der Waals surface area contributed by atoms with Crippen LogP contribution in [-0.4, -0.2) is 71.7 Å². The first-order valence-corrected chi connectivity index (χ1v) is 11.6. The molecular formula is C23H32N2O5S. The van der Waals surface area contributed by atoms with Gasteiger partial charge in [-0.3, -0.25) is 9.69 Å². The lowest BCUT2D eigenvalue weighted by atomic mass is 9.88. The van der Waals surface area contributed by atoms with Gasteiger partial charge in [-0.15, -0.1) is 11.8 Å². The molecule has 1 N–H and O–H groups in total. The molecule has 1 aromatic carbocycles. The minimum absolute atomic E-state index is 0.405. The van der Waals surface area contributed by atoms with Crippen LogP contribution >= 0.6 is 11.8 Å². The zero-order valence-corrected chi connectivity index (χ0v) is 19.3. The SMILES string of the molecule is C=CC(=O)C(CO)OC(=O)CON=C(c1ccc(SC)cc1)C(C)(C)N1CCCCC1. The van der Waals surface area contributed by atoms with Gasteiger partial charge in [0.05, 0.1) is 12.1 Å². The fraction of sp³-hybridized carbons (Fsp3) is 0.522. The van der Waals surface area contributed by atoms with Crippen molar-refractivity contribution in [3.63, 3.8) is 0 Å². The van der Waals surface area contributed by atoms with E-state index in [2.05, 4.69) is 30.5 Å². The minimum atomic E-state index is -1.28. The average Bonchev–Trinajstić information content (AvgIpc) is 2.80. The fourth-order valence-corrected chi connectivity index (χ4v) is 3.94. The quantitative estimate of drug-likeness (QED) is 0.183. The summed E-state index contributed by atoms with van der Waals surface area (Å²) in [5, 5.41) is 13.5. The summed E-state index contributed by atoms with van der Waals surface area (Å²) >= 11 is 1.66. The number of ether oxygens (including phenoxy) is 1. The average molecular weight is 449 g/mol. The Morgan fingerprint density at radius 2 is 1.90 bits per heavy atom. The lowest BCUT2D eigenvalue weighted by molar-refractivity contribution is -0.160. The number of piperidine rings is 1. The van der Waals surface area contributed by atoms with Gasteiger partial charge in [-0.2, -0.15) is 0 Å². The van der Waals surface area contributed by atoms with Crippen molar-refractivity contribution < 1.29 is 24.3 Å². The van der Waals surface area contributed by atoms with Crippen molar-refractivity contribution in [2.75, 3.05) is 32.6 Å². The van der Waals surface area contributed by atoms with Crippen LogP contribution in [0.15, 0.2) is 47.0 Å². The van der Waals surface area contributed by atoms with Gasteiger partial charge in [0.25, 0.3) is 0 Å². The largest absolute Gasteiger partial charge is 0.449 e. The predicted octanol–water partition coefficient (Wildman–Crippen LogP) is 3.05. The molecule has 31 heavy (non-hydrogen) atoms. The van der Waals surface area contributed by atoms with Gasteiger partial charge < -0.3 is 14.7 Å². The number of hydrogen-bond donors (Lipinski definition) is 1. The molecule has 0 bridgehead atoms. The van der Waals surface area contributed by atoms with E-state index in [4.69, 9.17) is 9.57 Å². The van der Waals surface area contributed by atoms with Crippen LogP contribution in [0.3, 0.4) is 0 Å². The Hall–Kier alpha value is -2.16. The highest BCUT2D eigenvalue weighted by molar-refractivity contribution is 7.98. The number of oxime groups is 1. The molecule has 1 heterocycles. The number of esters is 1. The zero-order chi connectivity index (χ0) is 22.9. The fourth-order valence-electron chi connectivity index (χ4n) is 3.53. The third kappa shape index (κ3) is 6.92. The number of likely N-dealkylation sites (tertiary alicyclic amines) is 1. The van der Waals surface area contributed by atoms with Crippen molar-refractivity contribution in [3.8, 4) is 0 Å². The van der Waals surface area contributed by atoms with Gasteiger partial charge in [0, 0.05) is 10.5 Å². The number of rotatable bonds is 11. The molecule has 7 nitrogen and oxygen atoms in total. The number of thioether (sulfide) groups is 1. The number of benzene rings is 1. The van der Waals surface area contributed by atoms with Gasteiger partial charge in [-0.05, 0) is 64.2 Å². The monoisotopic (exact) mass is 448 g/mol. The maximum atomic E-state index is 12.1. The normalized spacial score (nSPS) is 16.5. The Labute approximate surface area is 188 Å². The summed E-state index contributed by atoms with van der Waals surface area (Å²) in [6.07, 6.45) is 5.24. The first-order valence-electron chi connectivity index (χ1n) is 10.4. The highest BCUT2D eigenvalue weighted by atomic mass is 32.2. The van der Waals surface area contributed by atoms with Crippen LogP contribution in [0.1, 0.15) is 38.7 Å². The van der Waals surface area contributed by atoms with E-state index in [9.17, 15) is 14.7 Å². The van der Waals surface area contributed by atoms with Crippen molar-refractivity contribution in [2.45, 2.75) is 49.6 Å². The molecule has 0 saturated carbocycles.